The second kappa shape index (κ2) is 6.83. The standard InChI is InChI=1S/C27H35NO3/c1-17-3-4-22-23(29)15-27(31-25(22)18(17)2)5-7-28(8-6-27)24(30)16-26-12-19-9-20(13-26)11-21(10-19)14-26/h3-4,19-21H,5-16H2,1-2H3. The van der Waals surface area contributed by atoms with Crippen molar-refractivity contribution in [1.29, 1.82) is 0 Å². The Bertz CT molecular complexity index is 905. The van der Waals surface area contributed by atoms with Crippen molar-refractivity contribution in [1.82, 2.24) is 4.90 Å². The van der Waals surface area contributed by atoms with Gasteiger partial charge in [0.2, 0.25) is 5.91 Å². The molecule has 166 valence electrons. The molecule has 31 heavy (non-hydrogen) atoms. The second-order valence-corrected chi connectivity index (χ2v) is 11.7. The van der Waals surface area contributed by atoms with Gasteiger partial charge in [-0.2, -0.15) is 0 Å². The van der Waals surface area contributed by atoms with Crippen LogP contribution in [0.2, 0.25) is 0 Å². The number of piperidine rings is 1. The Hall–Kier alpha value is -1.84. The smallest absolute Gasteiger partial charge is 0.223 e. The third kappa shape index (κ3) is 3.24. The maximum atomic E-state index is 13.3. The first-order chi connectivity index (χ1) is 14.8. The molecule has 4 aliphatic carbocycles. The SMILES string of the molecule is Cc1ccc2c(c1C)OC1(CCN(C(=O)CC34CC5CC(CC(C5)C3)C4)CC1)CC2=O. The summed E-state index contributed by atoms with van der Waals surface area (Å²) in [4.78, 5) is 28.3. The summed E-state index contributed by atoms with van der Waals surface area (Å²) in [7, 11) is 0. The highest BCUT2D eigenvalue weighted by Crippen LogP contribution is 2.61. The van der Waals surface area contributed by atoms with Crippen LogP contribution in [0.3, 0.4) is 0 Å². The number of carbonyl (C=O) groups is 2. The minimum absolute atomic E-state index is 0.192. The van der Waals surface area contributed by atoms with Crippen molar-refractivity contribution < 1.29 is 14.3 Å². The van der Waals surface area contributed by atoms with E-state index in [9.17, 15) is 9.59 Å². The molecule has 1 spiro atoms. The number of fused-ring (bicyclic) bond motifs is 1. The molecule has 0 radical (unpaired) electrons. The van der Waals surface area contributed by atoms with Crippen LogP contribution in [0.25, 0.3) is 0 Å². The van der Waals surface area contributed by atoms with E-state index >= 15 is 0 Å². The monoisotopic (exact) mass is 421 g/mol. The summed E-state index contributed by atoms with van der Waals surface area (Å²) in [5.41, 5.74) is 2.83. The molecule has 0 N–H and O–H groups in total. The normalized spacial score (nSPS) is 35.2. The molecule has 4 saturated carbocycles. The lowest BCUT2D eigenvalue weighted by molar-refractivity contribution is -0.142. The van der Waals surface area contributed by atoms with Crippen LogP contribution in [-0.4, -0.2) is 35.3 Å². The van der Waals surface area contributed by atoms with Gasteiger partial charge in [0.1, 0.15) is 11.4 Å². The molecule has 4 nitrogen and oxygen atoms in total. The van der Waals surface area contributed by atoms with Gasteiger partial charge in [0.25, 0.3) is 0 Å². The maximum absolute atomic E-state index is 13.3. The number of ether oxygens (including phenoxy) is 1. The summed E-state index contributed by atoms with van der Waals surface area (Å²) < 4.78 is 6.55. The lowest BCUT2D eigenvalue weighted by atomic mass is 9.49. The number of carbonyl (C=O) groups excluding carboxylic acids is 2. The maximum Gasteiger partial charge on any atom is 0.223 e. The number of nitrogens with zero attached hydrogens (tertiary/aromatic N) is 1. The number of amides is 1. The quantitative estimate of drug-likeness (QED) is 0.656. The fourth-order valence-electron chi connectivity index (χ4n) is 8.16. The Morgan fingerprint density at radius 3 is 2.26 bits per heavy atom. The molecule has 0 aromatic heterocycles. The molecule has 1 aromatic rings. The van der Waals surface area contributed by atoms with Gasteiger partial charge >= 0.3 is 0 Å². The van der Waals surface area contributed by atoms with E-state index in [-0.39, 0.29) is 5.78 Å². The molecule has 1 amide bonds. The number of benzene rings is 1. The number of ketones is 1. The topological polar surface area (TPSA) is 46.6 Å². The van der Waals surface area contributed by atoms with Crippen LogP contribution in [0.5, 0.6) is 5.75 Å². The lowest BCUT2D eigenvalue weighted by Gasteiger charge is -2.57. The number of Topliss-reactive ketones (excluding diaryl/α,β-unsaturated/α-hetero) is 1. The Kier molecular flexibility index (Phi) is 4.36. The fourth-order valence-corrected chi connectivity index (χ4v) is 8.16. The molecular formula is C27H35NO3. The first-order valence-electron chi connectivity index (χ1n) is 12.4. The minimum atomic E-state index is -0.430. The van der Waals surface area contributed by atoms with Gasteiger partial charge in [0, 0.05) is 32.4 Å². The molecule has 4 heteroatoms. The van der Waals surface area contributed by atoms with Gasteiger partial charge in [-0.3, -0.25) is 9.59 Å². The molecule has 1 saturated heterocycles. The van der Waals surface area contributed by atoms with Crippen molar-refractivity contribution in [2.24, 2.45) is 23.2 Å². The predicted octanol–water partition coefficient (Wildman–Crippen LogP) is 5.24. The van der Waals surface area contributed by atoms with E-state index in [4.69, 9.17) is 4.74 Å². The minimum Gasteiger partial charge on any atom is -0.486 e. The summed E-state index contributed by atoms with van der Waals surface area (Å²) in [6, 6.07) is 3.93. The number of rotatable bonds is 2. The summed E-state index contributed by atoms with van der Waals surface area (Å²) >= 11 is 0. The van der Waals surface area contributed by atoms with E-state index in [1.54, 1.807) is 0 Å². The Balaban J connectivity index is 1.14. The van der Waals surface area contributed by atoms with E-state index in [1.807, 2.05) is 19.1 Å². The lowest BCUT2D eigenvalue weighted by Crippen LogP contribution is -2.54. The number of hydrogen-bond donors (Lipinski definition) is 0. The van der Waals surface area contributed by atoms with Crippen LogP contribution in [0.4, 0.5) is 0 Å². The van der Waals surface area contributed by atoms with Crippen molar-refractivity contribution in [3.8, 4) is 5.75 Å². The van der Waals surface area contributed by atoms with Gasteiger partial charge in [-0.1, -0.05) is 6.07 Å². The molecule has 6 aliphatic rings. The van der Waals surface area contributed by atoms with E-state index < -0.39 is 5.60 Å². The van der Waals surface area contributed by atoms with E-state index in [1.165, 1.54) is 38.5 Å². The zero-order valence-electron chi connectivity index (χ0n) is 19.0. The van der Waals surface area contributed by atoms with Crippen LogP contribution in [0.1, 0.15) is 85.7 Å². The summed E-state index contributed by atoms with van der Waals surface area (Å²) in [6.45, 7) is 5.55. The molecule has 0 unspecified atom stereocenters. The number of hydrogen-bond acceptors (Lipinski definition) is 3. The molecule has 2 aliphatic heterocycles. The molecule has 4 bridgehead atoms. The van der Waals surface area contributed by atoms with Gasteiger partial charge in [-0.15, -0.1) is 0 Å². The summed E-state index contributed by atoms with van der Waals surface area (Å²) in [6.07, 6.45) is 10.9. The van der Waals surface area contributed by atoms with Crippen LogP contribution >= 0.6 is 0 Å². The van der Waals surface area contributed by atoms with Crippen LogP contribution in [0, 0.1) is 37.0 Å². The van der Waals surface area contributed by atoms with Gasteiger partial charge in [0.05, 0.1) is 12.0 Å². The highest BCUT2D eigenvalue weighted by Gasteiger charge is 2.52. The second-order valence-electron chi connectivity index (χ2n) is 11.7. The van der Waals surface area contributed by atoms with E-state index in [0.29, 0.717) is 17.7 Å². The van der Waals surface area contributed by atoms with Gasteiger partial charge in [-0.25, -0.2) is 0 Å². The third-order valence-electron chi connectivity index (χ3n) is 9.50. The van der Waals surface area contributed by atoms with E-state index in [0.717, 1.165) is 72.5 Å². The van der Waals surface area contributed by atoms with Gasteiger partial charge in [-0.05, 0) is 92.7 Å². The number of likely N-dealkylation sites (tertiary alicyclic amines) is 1. The van der Waals surface area contributed by atoms with Crippen molar-refractivity contribution in [2.75, 3.05) is 13.1 Å². The van der Waals surface area contributed by atoms with Gasteiger partial charge in [0.15, 0.2) is 5.78 Å². The Morgan fingerprint density at radius 2 is 1.65 bits per heavy atom. The predicted molar refractivity (Wildman–Crippen MR) is 119 cm³/mol. The number of aryl methyl sites for hydroxylation is 1. The fraction of sp³-hybridized carbons (Fsp3) is 0.704. The van der Waals surface area contributed by atoms with Crippen molar-refractivity contribution >= 4 is 11.7 Å². The molecule has 7 rings (SSSR count). The molecular weight excluding hydrogens is 386 g/mol. The molecule has 5 fully saturated rings. The Morgan fingerprint density at radius 1 is 1.03 bits per heavy atom. The molecule has 2 heterocycles. The van der Waals surface area contributed by atoms with E-state index in [2.05, 4.69) is 11.8 Å². The average Bonchev–Trinajstić information content (AvgIpc) is 2.70. The molecule has 1 aromatic carbocycles. The van der Waals surface area contributed by atoms with Crippen LogP contribution < -0.4 is 4.74 Å². The van der Waals surface area contributed by atoms with Crippen LogP contribution in [-0.2, 0) is 4.79 Å². The largest absolute Gasteiger partial charge is 0.486 e. The molecule has 0 atom stereocenters. The van der Waals surface area contributed by atoms with Crippen LogP contribution in [0.15, 0.2) is 12.1 Å². The van der Waals surface area contributed by atoms with Gasteiger partial charge < -0.3 is 9.64 Å². The first-order valence-corrected chi connectivity index (χ1v) is 12.4. The van der Waals surface area contributed by atoms with Crippen molar-refractivity contribution in [2.45, 2.75) is 83.7 Å². The summed E-state index contributed by atoms with van der Waals surface area (Å²) in [5.74, 6) is 3.99. The Labute approximate surface area is 185 Å². The zero-order valence-corrected chi connectivity index (χ0v) is 19.0. The highest BCUT2D eigenvalue weighted by atomic mass is 16.5. The van der Waals surface area contributed by atoms with Crippen molar-refractivity contribution in [3.05, 3.63) is 28.8 Å². The van der Waals surface area contributed by atoms with Crippen molar-refractivity contribution in [3.63, 3.8) is 0 Å². The summed E-state index contributed by atoms with van der Waals surface area (Å²) in [5, 5.41) is 0. The first kappa shape index (κ1) is 19.8. The highest BCUT2D eigenvalue weighted by molar-refractivity contribution is 6.01. The average molecular weight is 422 g/mol. The third-order valence-corrected chi connectivity index (χ3v) is 9.50. The zero-order chi connectivity index (χ0) is 21.4.